The second-order valence-electron chi connectivity index (χ2n) is 7.57. The van der Waals surface area contributed by atoms with Crippen LogP contribution in [0.3, 0.4) is 0 Å². The van der Waals surface area contributed by atoms with Crippen molar-refractivity contribution in [1.29, 1.82) is 0 Å². The molecule has 0 radical (unpaired) electrons. The number of ether oxygens (including phenoxy) is 1. The monoisotopic (exact) mass is 428 g/mol. The van der Waals surface area contributed by atoms with Gasteiger partial charge in [0.25, 0.3) is 11.7 Å². The number of aliphatic hydroxyl groups excluding tert-OH is 1. The van der Waals surface area contributed by atoms with Crippen LogP contribution in [-0.4, -0.2) is 33.8 Å². The number of aliphatic hydroxyl groups is 1. The van der Waals surface area contributed by atoms with Crippen molar-refractivity contribution in [2.45, 2.75) is 25.9 Å². The lowest BCUT2D eigenvalue weighted by molar-refractivity contribution is -0.140. The topological polar surface area (TPSA) is 79.7 Å². The Morgan fingerprint density at radius 2 is 1.75 bits per heavy atom. The van der Waals surface area contributed by atoms with Crippen LogP contribution in [0, 0.1) is 0 Å². The van der Waals surface area contributed by atoms with Gasteiger partial charge in [0.1, 0.15) is 11.5 Å². The molecular weight excluding hydrogens is 404 g/mol. The normalized spacial score (nSPS) is 17.6. The molecule has 1 saturated heterocycles. The number of aryl methyl sites for hydroxylation is 1. The van der Waals surface area contributed by atoms with Crippen molar-refractivity contribution < 1.29 is 19.4 Å². The van der Waals surface area contributed by atoms with Crippen molar-refractivity contribution in [2.24, 2.45) is 0 Å². The molecule has 0 bridgehead atoms. The van der Waals surface area contributed by atoms with Gasteiger partial charge in [0.2, 0.25) is 0 Å². The molecule has 1 aliphatic rings. The van der Waals surface area contributed by atoms with Crippen LogP contribution in [0.2, 0.25) is 0 Å². The first kappa shape index (κ1) is 21.3. The fourth-order valence-corrected chi connectivity index (χ4v) is 3.90. The van der Waals surface area contributed by atoms with E-state index in [2.05, 4.69) is 4.98 Å². The molecule has 2 heterocycles. The van der Waals surface area contributed by atoms with E-state index in [4.69, 9.17) is 4.74 Å². The molecule has 0 aliphatic carbocycles. The lowest BCUT2D eigenvalue weighted by Gasteiger charge is -2.25. The zero-order chi connectivity index (χ0) is 22.7. The molecule has 3 aromatic rings. The average Bonchev–Trinajstić information content (AvgIpc) is 3.09. The molecule has 1 N–H and O–H groups in total. The second-order valence-corrected chi connectivity index (χ2v) is 7.57. The van der Waals surface area contributed by atoms with E-state index in [1.54, 1.807) is 61.8 Å². The van der Waals surface area contributed by atoms with E-state index in [9.17, 15) is 14.7 Å². The van der Waals surface area contributed by atoms with Crippen LogP contribution in [0.1, 0.15) is 35.3 Å². The van der Waals surface area contributed by atoms with Crippen molar-refractivity contribution in [3.63, 3.8) is 0 Å². The van der Waals surface area contributed by atoms with Crippen LogP contribution >= 0.6 is 0 Å². The van der Waals surface area contributed by atoms with Crippen LogP contribution in [0.4, 0.5) is 0 Å². The number of carbonyl (C=O) groups is 2. The highest BCUT2D eigenvalue weighted by molar-refractivity contribution is 6.46. The Morgan fingerprint density at radius 1 is 1.03 bits per heavy atom. The lowest BCUT2D eigenvalue weighted by atomic mass is 9.94. The van der Waals surface area contributed by atoms with Crippen molar-refractivity contribution in [3.8, 4) is 5.75 Å². The zero-order valence-electron chi connectivity index (χ0n) is 18.0. The molecule has 0 saturated carbocycles. The highest BCUT2D eigenvalue weighted by Crippen LogP contribution is 2.40. The summed E-state index contributed by atoms with van der Waals surface area (Å²) in [7, 11) is 1.57. The molecule has 1 atom stereocenters. The Balaban J connectivity index is 1.83. The van der Waals surface area contributed by atoms with Crippen LogP contribution in [0.25, 0.3) is 5.76 Å². The third-order valence-corrected chi connectivity index (χ3v) is 5.67. The Labute approximate surface area is 186 Å². The molecule has 1 unspecified atom stereocenters. The summed E-state index contributed by atoms with van der Waals surface area (Å²) in [6.45, 7) is 2.19. The first-order valence-corrected chi connectivity index (χ1v) is 10.4. The summed E-state index contributed by atoms with van der Waals surface area (Å²) in [5, 5.41) is 11.1. The predicted octanol–water partition coefficient (Wildman–Crippen LogP) is 4.27. The molecule has 1 fully saturated rings. The second kappa shape index (κ2) is 9.06. The number of hydrogen-bond donors (Lipinski definition) is 1. The van der Waals surface area contributed by atoms with E-state index in [0.29, 0.717) is 22.6 Å². The van der Waals surface area contributed by atoms with E-state index < -0.39 is 17.7 Å². The molecule has 1 amide bonds. The fourth-order valence-electron chi connectivity index (χ4n) is 3.90. The molecule has 2 aromatic carbocycles. The zero-order valence-corrected chi connectivity index (χ0v) is 18.0. The number of likely N-dealkylation sites (tertiary alicyclic amines) is 1. The van der Waals surface area contributed by atoms with Gasteiger partial charge in [-0.25, -0.2) is 0 Å². The van der Waals surface area contributed by atoms with Crippen molar-refractivity contribution in [3.05, 3.63) is 101 Å². The van der Waals surface area contributed by atoms with Gasteiger partial charge in [-0.3, -0.25) is 14.6 Å². The van der Waals surface area contributed by atoms with Gasteiger partial charge in [0.15, 0.2) is 0 Å². The number of hydrogen-bond acceptors (Lipinski definition) is 5. The van der Waals surface area contributed by atoms with E-state index in [1.165, 1.54) is 4.90 Å². The average molecular weight is 428 g/mol. The molecule has 162 valence electrons. The number of methoxy groups -OCH3 is 1. The SMILES string of the molecule is CCc1ccc(/C(O)=C2\C(=O)C(=O)N(Cc3ccccn3)C2c2ccc(OC)cc2)cc1. The third-order valence-electron chi connectivity index (χ3n) is 5.67. The summed E-state index contributed by atoms with van der Waals surface area (Å²) in [5.74, 6) is -0.900. The van der Waals surface area contributed by atoms with Gasteiger partial charge >= 0.3 is 0 Å². The van der Waals surface area contributed by atoms with Gasteiger partial charge in [-0.05, 0) is 41.8 Å². The molecule has 1 aliphatic heterocycles. The summed E-state index contributed by atoms with van der Waals surface area (Å²) in [4.78, 5) is 31.9. The maximum Gasteiger partial charge on any atom is 0.296 e. The maximum atomic E-state index is 13.1. The highest BCUT2D eigenvalue weighted by Gasteiger charge is 2.46. The number of Topliss-reactive ketones (excluding diaryl/α,β-unsaturated/α-hetero) is 1. The van der Waals surface area contributed by atoms with Gasteiger partial charge in [0.05, 0.1) is 31.0 Å². The Hall–Kier alpha value is -3.93. The molecule has 4 rings (SSSR count). The molecule has 1 aromatic heterocycles. The van der Waals surface area contributed by atoms with Crippen molar-refractivity contribution in [1.82, 2.24) is 9.88 Å². The van der Waals surface area contributed by atoms with Gasteiger partial charge in [0, 0.05) is 11.8 Å². The number of amides is 1. The Bertz CT molecular complexity index is 1150. The summed E-state index contributed by atoms with van der Waals surface area (Å²) >= 11 is 0. The van der Waals surface area contributed by atoms with E-state index in [0.717, 1.165) is 12.0 Å². The number of carbonyl (C=O) groups excluding carboxylic acids is 2. The predicted molar refractivity (Wildman–Crippen MR) is 121 cm³/mol. The van der Waals surface area contributed by atoms with Gasteiger partial charge in [-0.15, -0.1) is 0 Å². The largest absolute Gasteiger partial charge is 0.507 e. The van der Waals surface area contributed by atoms with Gasteiger partial charge in [-0.2, -0.15) is 0 Å². The number of rotatable bonds is 6. The summed E-state index contributed by atoms with van der Waals surface area (Å²) in [6.07, 6.45) is 2.50. The van der Waals surface area contributed by atoms with Crippen LogP contribution < -0.4 is 4.74 Å². The quantitative estimate of drug-likeness (QED) is 0.360. The van der Waals surface area contributed by atoms with Gasteiger partial charge in [-0.1, -0.05) is 49.4 Å². The smallest absolute Gasteiger partial charge is 0.296 e. The van der Waals surface area contributed by atoms with Crippen LogP contribution in [-0.2, 0) is 22.6 Å². The first-order chi connectivity index (χ1) is 15.5. The van der Waals surface area contributed by atoms with E-state index >= 15 is 0 Å². The minimum atomic E-state index is -0.742. The fraction of sp³-hybridized carbons (Fsp3) is 0.192. The number of ketones is 1. The molecule has 6 heteroatoms. The number of aromatic nitrogens is 1. The number of benzene rings is 2. The van der Waals surface area contributed by atoms with Crippen molar-refractivity contribution in [2.75, 3.05) is 7.11 Å². The summed E-state index contributed by atoms with van der Waals surface area (Å²) < 4.78 is 5.24. The molecule has 0 spiro atoms. The van der Waals surface area contributed by atoms with E-state index in [-0.39, 0.29) is 17.9 Å². The summed E-state index contributed by atoms with van der Waals surface area (Å²) in [6, 6.07) is 19.2. The molecule has 32 heavy (non-hydrogen) atoms. The highest BCUT2D eigenvalue weighted by atomic mass is 16.5. The first-order valence-electron chi connectivity index (χ1n) is 10.4. The lowest BCUT2D eigenvalue weighted by Crippen LogP contribution is -2.29. The molecular formula is C26H24N2O4. The minimum absolute atomic E-state index is 0.0698. The standard InChI is InChI=1S/C26H24N2O4/c1-3-17-7-9-19(10-8-17)24(29)22-23(18-11-13-21(32-2)14-12-18)28(26(31)25(22)30)16-20-6-4-5-15-27-20/h4-15,23,29H,3,16H2,1-2H3/b24-22+. The van der Waals surface area contributed by atoms with E-state index in [1.807, 2.05) is 25.1 Å². The maximum absolute atomic E-state index is 13.1. The minimum Gasteiger partial charge on any atom is -0.507 e. The van der Waals surface area contributed by atoms with Crippen molar-refractivity contribution >= 4 is 17.4 Å². The van der Waals surface area contributed by atoms with Crippen LogP contribution in [0.5, 0.6) is 5.75 Å². The Morgan fingerprint density at radius 3 is 2.34 bits per heavy atom. The number of pyridine rings is 1. The Kier molecular flexibility index (Phi) is 6.03. The summed E-state index contributed by atoms with van der Waals surface area (Å²) in [5.41, 5.74) is 3.04. The molecule has 6 nitrogen and oxygen atoms in total. The number of nitrogens with zero attached hydrogens (tertiary/aromatic N) is 2. The van der Waals surface area contributed by atoms with Crippen LogP contribution in [0.15, 0.2) is 78.5 Å². The van der Waals surface area contributed by atoms with Gasteiger partial charge < -0.3 is 14.7 Å². The third kappa shape index (κ3) is 3.99.